The molecular weight excluding hydrogens is 378 g/mol. The van der Waals surface area contributed by atoms with Crippen molar-refractivity contribution >= 4 is 17.6 Å². The summed E-state index contributed by atoms with van der Waals surface area (Å²) in [5.74, 6) is 0.00576. The van der Waals surface area contributed by atoms with E-state index in [1.54, 1.807) is 30.2 Å². The Morgan fingerprint density at radius 1 is 1.10 bits per heavy atom. The van der Waals surface area contributed by atoms with Gasteiger partial charge in [-0.1, -0.05) is 42.5 Å². The lowest BCUT2D eigenvalue weighted by Crippen LogP contribution is -2.32. The fourth-order valence-corrected chi connectivity index (χ4v) is 4.75. The first-order valence-electron chi connectivity index (χ1n) is 9.92. The molecule has 0 radical (unpaired) electrons. The highest BCUT2D eigenvalue weighted by Crippen LogP contribution is 2.66. The topological polar surface area (TPSA) is 66.8 Å². The van der Waals surface area contributed by atoms with Crippen molar-refractivity contribution in [3.63, 3.8) is 0 Å². The van der Waals surface area contributed by atoms with E-state index in [9.17, 15) is 14.7 Å². The third-order valence-corrected chi connectivity index (χ3v) is 6.27. The SMILES string of the molecule is COc1cccc([C@@H]2C[C@@]23C(=O)N(Cc2cccc(C(=O)O)c2)c2ccccc23)c1. The van der Waals surface area contributed by atoms with Gasteiger partial charge in [-0.15, -0.1) is 0 Å². The van der Waals surface area contributed by atoms with E-state index in [0.29, 0.717) is 6.54 Å². The Balaban J connectivity index is 1.51. The highest BCUT2D eigenvalue weighted by atomic mass is 16.5. The molecule has 3 aromatic rings. The van der Waals surface area contributed by atoms with Gasteiger partial charge in [0, 0.05) is 11.6 Å². The first-order valence-corrected chi connectivity index (χ1v) is 9.92. The molecule has 1 aliphatic heterocycles. The van der Waals surface area contributed by atoms with E-state index in [0.717, 1.165) is 34.5 Å². The van der Waals surface area contributed by atoms with Gasteiger partial charge in [-0.25, -0.2) is 4.79 Å². The Kier molecular flexibility index (Phi) is 4.13. The monoisotopic (exact) mass is 399 g/mol. The quantitative estimate of drug-likeness (QED) is 0.692. The Morgan fingerprint density at radius 3 is 2.70 bits per heavy atom. The number of hydrogen-bond donors (Lipinski definition) is 1. The van der Waals surface area contributed by atoms with Gasteiger partial charge in [-0.05, 0) is 53.4 Å². The zero-order valence-corrected chi connectivity index (χ0v) is 16.5. The van der Waals surface area contributed by atoms with Gasteiger partial charge in [0.25, 0.3) is 0 Å². The van der Waals surface area contributed by atoms with Gasteiger partial charge in [0.2, 0.25) is 5.91 Å². The molecule has 1 heterocycles. The molecule has 1 spiro atoms. The summed E-state index contributed by atoms with van der Waals surface area (Å²) >= 11 is 0. The molecular formula is C25H21NO4. The van der Waals surface area contributed by atoms with Crippen molar-refractivity contribution in [1.82, 2.24) is 0 Å². The highest BCUT2D eigenvalue weighted by Gasteiger charge is 2.67. The molecule has 0 bridgehead atoms. The summed E-state index contributed by atoms with van der Waals surface area (Å²) in [6.45, 7) is 0.351. The zero-order valence-electron chi connectivity index (χ0n) is 16.5. The molecule has 0 saturated heterocycles. The smallest absolute Gasteiger partial charge is 0.335 e. The van der Waals surface area contributed by atoms with Crippen LogP contribution in [0.5, 0.6) is 5.75 Å². The van der Waals surface area contributed by atoms with Crippen molar-refractivity contribution in [2.75, 3.05) is 12.0 Å². The van der Waals surface area contributed by atoms with E-state index in [-0.39, 0.29) is 17.4 Å². The lowest BCUT2D eigenvalue weighted by Gasteiger charge is -2.19. The number of para-hydroxylation sites is 1. The number of benzene rings is 3. The molecule has 1 aliphatic carbocycles. The van der Waals surface area contributed by atoms with Gasteiger partial charge in [-0.3, -0.25) is 4.79 Å². The Bertz CT molecular complexity index is 1170. The van der Waals surface area contributed by atoms with Gasteiger partial charge in [0.05, 0.1) is 24.6 Å². The maximum atomic E-state index is 13.7. The molecule has 0 aromatic heterocycles. The minimum absolute atomic E-state index is 0.0808. The number of aromatic carboxylic acids is 1. The van der Waals surface area contributed by atoms with Crippen molar-refractivity contribution in [3.8, 4) is 5.75 Å². The van der Waals surface area contributed by atoms with Crippen LogP contribution < -0.4 is 9.64 Å². The second-order valence-corrected chi connectivity index (χ2v) is 7.92. The summed E-state index contributed by atoms with van der Waals surface area (Å²) in [4.78, 5) is 26.8. The number of nitrogens with zero attached hydrogens (tertiary/aromatic N) is 1. The molecule has 5 nitrogen and oxygen atoms in total. The van der Waals surface area contributed by atoms with Gasteiger partial charge in [-0.2, -0.15) is 0 Å². The van der Waals surface area contributed by atoms with Crippen LogP contribution in [0.3, 0.4) is 0 Å². The van der Waals surface area contributed by atoms with E-state index < -0.39 is 11.4 Å². The molecule has 2 aliphatic rings. The first kappa shape index (κ1) is 18.4. The zero-order chi connectivity index (χ0) is 20.9. The summed E-state index contributed by atoms with van der Waals surface area (Å²) in [5, 5.41) is 9.29. The van der Waals surface area contributed by atoms with Crippen LogP contribution in [0.2, 0.25) is 0 Å². The van der Waals surface area contributed by atoms with E-state index in [1.165, 1.54) is 0 Å². The van der Waals surface area contributed by atoms with Gasteiger partial charge in [0.1, 0.15) is 5.75 Å². The molecule has 1 amide bonds. The highest BCUT2D eigenvalue weighted by molar-refractivity contribution is 6.11. The number of carbonyl (C=O) groups is 2. The van der Waals surface area contributed by atoms with Gasteiger partial charge >= 0.3 is 5.97 Å². The molecule has 30 heavy (non-hydrogen) atoms. The number of fused-ring (bicyclic) bond motifs is 2. The van der Waals surface area contributed by atoms with Crippen molar-refractivity contribution in [2.24, 2.45) is 0 Å². The molecule has 5 heteroatoms. The molecule has 5 rings (SSSR count). The Morgan fingerprint density at radius 2 is 1.90 bits per heavy atom. The molecule has 150 valence electrons. The van der Waals surface area contributed by atoms with Crippen LogP contribution in [0.15, 0.2) is 72.8 Å². The van der Waals surface area contributed by atoms with Crippen LogP contribution in [0, 0.1) is 0 Å². The van der Waals surface area contributed by atoms with E-state index in [4.69, 9.17) is 4.74 Å². The summed E-state index contributed by atoms with van der Waals surface area (Å²) in [7, 11) is 1.64. The van der Waals surface area contributed by atoms with Crippen molar-refractivity contribution < 1.29 is 19.4 Å². The number of carboxylic acid groups (broad SMARTS) is 1. The Labute approximate surface area is 174 Å². The number of ether oxygens (including phenoxy) is 1. The van der Waals surface area contributed by atoms with Gasteiger partial charge < -0.3 is 14.7 Å². The predicted molar refractivity (Wildman–Crippen MR) is 113 cm³/mol. The number of methoxy groups -OCH3 is 1. The summed E-state index contributed by atoms with van der Waals surface area (Å²) in [6.07, 6.45) is 0.766. The van der Waals surface area contributed by atoms with Crippen LogP contribution in [-0.2, 0) is 16.8 Å². The molecule has 2 atom stereocenters. The fraction of sp³-hybridized carbons (Fsp3) is 0.200. The first-order chi connectivity index (χ1) is 14.5. The molecule has 1 N–H and O–H groups in total. The summed E-state index contributed by atoms with van der Waals surface area (Å²) in [6, 6.07) is 22.6. The molecule has 1 saturated carbocycles. The predicted octanol–water partition coefficient (Wildman–Crippen LogP) is 4.37. The third-order valence-electron chi connectivity index (χ3n) is 6.27. The largest absolute Gasteiger partial charge is 0.497 e. The van der Waals surface area contributed by atoms with Crippen LogP contribution in [0.4, 0.5) is 5.69 Å². The van der Waals surface area contributed by atoms with Crippen molar-refractivity contribution in [3.05, 3.63) is 95.1 Å². The molecule has 0 unspecified atom stereocenters. The summed E-state index contributed by atoms with van der Waals surface area (Å²) in [5.41, 5.74) is 3.54. The van der Waals surface area contributed by atoms with E-state index >= 15 is 0 Å². The van der Waals surface area contributed by atoms with Crippen LogP contribution in [0.25, 0.3) is 0 Å². The lowest BCUT2D eigenvalue weighted by atomic mass is 9.92. The lowest BCUT2D eigenvalue weighted by molar-refractivity contribution is -0.120. The standard InChI is InChI=1S/C25H21NO4/c1-30-19-9-5-7-17(13-19)21-14-25(21)20-10-2-3-11-22(20)26(24(25)29)15-16-6-4-8-18(12-16)23(27)28/h2-13,21H,14-15H2,1H3,(H,27,28)/t21-,25-/m0/s1. The number of rotatable bonds is 5. The van der Waals surface area contributed by atoms with Crippen molar-refractivity contribution in [2.45, 2.75) is 24.3 Å². The van der Waals surface area contributed by atoms with E-state index in [1.807, 2.05) is 48.5 Å². The number of hydrogen-bond acceptors (Lipinski definition) is 3. The number of carbonyl (C=O) groups excluding carboxylic acids is 1. The third kappa shape index (κ3) is 2.70. The number of anilines is 1. The average molecular weight is 399 g/mol. The van der Waals surface area contributed by atoms with Gasteiger partial charge in [0.15, 0.2) is 0 Å². The summed E-state index contributed by atoms with van der Waals surface area (Å²) < 4.78 is 5.37. The second kappa shape index (κ2) is 6.73. The fourth-order valence-electron chi connectivity index (χ4n) is 4.75. The van der Waals surface area contributed by atoms with Crippen LogP contribution in [0.1, 0.15) is 39.4 Å². The maximum Gasteiger partial charge on any atom is 0.335 e. The minimum atomic E-state index is -0.971. The average Bonchev–Trinajstić information content (AvgIpc) is 3.49. The van der Waals surface area contributed by atoms with Crippen LogP contribution >= 0.6 is 0 Å². The normalized spacial score (nSPS) is 21.6. The molecule has 1 fully saturated rings. The Hall–Kier alpha value is -3.60. The van der Waals surface area contributed by atoms with Crippen molar-refractivity contribution in [1.29, 1.82) is 0 Å². The number of amides is 1. The van der Waals surface area contributed by atoms with E-state index in [2.05, 4.69) is 6.07 Å². The molecule has 3 aromatic carbocycles. The maximum absolute atomic E-state index is 13.7. The minimum Gasteiger partial charge on any atom is -0.497 e. The van der Waals surface area contributed by atoms with Crippen LogP contribution in [-0.4, -0.2) is 24.1 Å². The number of carboxylic acids is 1. The second-order valence-electron chi connectivity index (χ2n) is 7.92.